The highest BCUT2D eigenvalue weighted by atomic mass is 16.5. The Morgan fingerprint density at radius 1 is 1.40 bits per heavy atom. The molecule has 0 N–H and O–H groups in total. The highest BCUT2D eigenvalue weighted by Crippen LogP contribution is 2.34. The van der Waals surface area contributed by atoms with Crippen LogP contribution in [0.5, 0.6) is 5.75 Å². The van der Waals surface area contributed by atoms with Gasteiger partial charge in [-0.1, -0.05) is 12.1 Å². The van der Waals surface area contributed by atoms with Crippen LogP contribution in [-0.2, 0) is 4.79 Å². The molecule has 0 radical (unpaired) electrons. The molecular weight excluding hydrogens is 190 g/mol. The fourth-order valence-corrected chi connectivity index (χ4v) is 2.03. The van der Waals surface area contributed by atoms with Crippen LogP contribution < -0.4 is 9.64 Å². The number of hydrogen-bond donors (Lipinski definition) is 0. The van der Waals surface area contributed by atoms with Crippen molar-refractivity contribution in [3.8, 4) is 5.75 Å². The fraction of sp³-hybridized carbons (Fsp3) is 0.417. The number of rotatable bonds is 2. The van der Waals surface area contributed by atoms with Crippen LogP contribution in [0.2, 0.25) is 0 Å². The minimum absolute atomic E-state index is 0.197. The molecule has 0 atom stereocenters. The number of anilines is 1. The summed E-state index contributed by atoms with van der Waals surface area (Å²) in [6, 6.07) is 5.84. The van der Waals surface area contributed by atoms with E-state index in [0.717, 1.165) is 30.0 Å². The summed E-state index contributed by atoms with van der Waals surface area (Å²) in [7, 11) is 1.64. The van der Waals surface area contributed by atoms with Crippen molar-refractivity contribution in [2.45, 2.75) is 19.8 Å². The molecule has 0 bridgehead atoms. The second-order valence-corrected chi connectivity index (χ2v) is 3.77. The van der Waals surface area contributed by atoms with Gasteiger partial charge in [-0.15, -0.1) is 0 Å². The van der Waals surface area contributed by atoms with Gasteiger partial charge in [0.1, 0.15) is 5.75 Å². The zero-order valence-electron chi connectivity index (χ0n) is 9.12. The first-order chi connectivity index (χ1) is 7.24. The summed E-state index contributed by atoms with van der Waals surface area (Å²) in [5, 5.41) is 0. The number of ether oxygens (including phenoxy) is 1. The van der Waals surface area contributed by atoms with Gasteiger partial charge >= 0.3 is 0 Å². The van der Waals surface area contributed by atoms with Gasteiger partial charge in [0.2, 0.25) is 5.91 Å². The fourth-order valence-electron chi connectivity index (χ4n) is 2.03. The molecule has 3 heteroatoms. The number of nitrogens with zero attached hydrogens (tertiary/aromatic N) is 1. The molecule has 3 nitrogen and oxygen atoms in total. The van der Waals surface area contributed by atoms with Crippen LogP contribution in [0.3, 0.4) is 0 Å². The molecule has 15 heavy (non-hydrogen) atoms. The number of para-hydroxylation sites is 1. The molecule has 0 aromatic heterocycles. The lowest BCUT2D eigenvalue weighted by molar-refractivity contribution is -0.117. The summed E-state index contributed by atoms with van der Waals surface area (Å²) < 4.78 is 5.29. The molecule has 0 aliphatic carbocycles. The van der Waals surface area contributed by atoms with Crippen LogP contribution in [-0.4, -0.2) is 19.6 Å². The van der Waals surface area contributed by atoms with Crippen molar-refractivity contribution in [3.05, 3.63) is 23.8 Å². The predicted molar refractivity (Wildman–Crippen MR) is 59.3 cm³/mol. The van der Waals surface area contributed by atoms with Crippen molar-refractivity contribution in [2.75, 3.05) is 18.6 Å². The minimum atomic E-state index is 0.197. The first-order valence-electron chi connectivity index (χ1n) is 5.18. The molecule has 0 spiro atoms. The first kappa shape index (κ1) is 10.0. The second-order valence-electron chi connectivity index (χ2n) is 3.77. The Morgan fingerprint density at radius 3 is 2.80 bits per heavy atom. The number of carbonyl (C=O) groups excluding carboxylic acids is 1. The van der Waals surface area contributed by atoms with Gasteiger partial charge in [-0.3, -0.25) is 4.79 Å². The average molecular weight is 205 g/mol. The van der Waals surface area contributed by atoms with Crippen LogP contribution in [0.15, 0.2) is 18.2 Å². The molecule has 1 fully saturated rings. The number of methoxy groups -OCH3 is 1. The maximum Gasteiger partial charge on any atom is 0.227 e. The molecule has 1 aliphatic rings. The number of hydrogen-bond acceptors (Lipinski definition) is 2. The van der Waals surface area contributed by atoms with E-state index in [1.54, 1.807) is 7.11 Å². The summed E-state index contributed by atoms with van der Waals surface area (Å²) >= 11 is 0. The molecular formula is C12H15NO2. The largest absolute Gasteiger partial charge is 0.495 e. The van der Waals surface area contributed by atoms with E-state index < -0.39 is 0 Å². The topological polar surface area (TPSA) is 29.5 Å². The highest BCUT2D eigenvalue weighted by molar-refractivity contribution is 5.97. The Labute approximate surface area is 89.7 Å². The number of amides is 1. The lowest BCUT2D eigenvalue weighted by Crippen LogP contribution is -2.25. The molecule has 2 rings (SSSR count). The van der Waals surface area contributed by atoms with Gasteiger partial charge in [0.05, 0.1) is 12.8 Å². The highest BCUT2D eigenvalue weighted by Gasteiger charge is 2.25. The number of carbonyl (C=O) groups is 1. The van der Waals surface area contributed by atoms with E-state index in [0.29, 0.717) is 6.42 Å². The molecule has 0 unspecified atom stereocenters. The van der Waals surface area contributed by atoms with E-state index in [2.05, 4.69) is 0 Å². The smallest absolute Gasteiger partial charge is 0.227 e. The van der Waals surface area contributed by atoms with Gasteiger partial charge in [-0.2, -0.15) is 0 Å². The van der Waals surface area contributed by atoms with E-state index in [4.69, 9.17) is 4.74 Å². The summed E-state index contributed by atoms with van der Waals surface area (Å²) in [6.45, 7) is 2.81. The van der Waals surface area contributed by atoms with Crippen molar-refractivity contribution in [3.63, 3.8) is 0 Å². The Morgan fingerprint density at radius 2 is 2.20 bits per heavy atom. The molecule has 1 aromatic rings. The molecule has 1 heterocycles. The van der Waals surface area contributed by atoms with Gasteiger partial charge in [0, 0.05) is 13.0 Å². The summed E-state index contributed by atoms with van der Waals surface area (Å²) in [5.41, 5.74) is 2.02. The zero-order valence-corrected chi connectivity index (χ0v) is 9.12. The molecule has 80 valence electrons. The van der Waals surface area contributed by atoms with Crippen molar-refractivity contribution >= 4 is 11.6 Å². The van der Waals surface area contributed by atoms with Crippen molar-refractivity contribution in [1.29, 1.82) is 0 Å². The SMILES string of the molecule is COc1cccc(C)c1N1CCCC1=O. The van der Waals surface area contributed by atoms with Gasteiger partial charge in [0.15, 0.2) is 0 Å². The third-order valence-electron chi connectivity index (χ3n) is 2.76. The lowest BCUT2D eigenvalue weighted by Gasteiger charge is -2.20. The van der Waals surface area contributed by atoms with E-state index in [9.17, 15) is 4.79 Å². The number of benzene rings is 1. The van der Waals surface area contributed by atoms with Crippen molar-refractivity contribution in [2.24, 2.45) is 0 Å². The number of aryl methyl sites for hydroxylation is 1. The zero-order chi connectivity index (χ0) is 10.8. The van der Waals surface area contributed by atoms with E-state index >= 15 is 0 Å². The van der Waals surface area contributed by atoms with Gasteiger partial charge < -0.3 is 9.64 Å². The normalized spacial score (nSPS) is 15.9. The van der Waals surface area contributed by atoms with Crippen LogP contribution >= 0.6 is 0 Å². The maximum atomic E-state index is 11.7. The predicted octanol–water partition coefficient (Wildman–Crippen LogP) is 2.13. The van der Waals surface area contributed by atoms with Gasteiger partial charge in [0.25, 0.3) is 0 Å². The Balaban J connectivity index is 2.45. The maximum absolute atomic E-state index is 11.7. The molecule has 1 aliphatic heterocycles. The molecule has 0 saturated carbocycles. The summed E-state index contributed by atoms with van der Waals surface area (Å²) in [4.78, 5) is 13.5. The lowest BCUT2D eigenvalue weighted by atomic mass is 10.1. The molecule has 1 saturated heterocycles. The van der Waals surface area contributed by atoms with Crippen LogP contribution in [0.25, 0.3) is 0 Å². The third kappa shape index (κ3) is 1.69. The standard InChI is InChI=1S/C12H15NO2/c1-9-5-3-6-10(15-2)12(9)13-8-4-7-11(13)14/h3,5-6H,4,7-8H2,1-2H3. The van der Waals surface area contributed by atoms with E-state index in [1.807, 2.05) is 30.0 Å². The van der Waals surface area contributed by atoms with Gasteiger partial charge in [-0.05, 0) is 25.0 Å². The van der Waals surface area contributed by atoms with Crippen LogP contribution in [0.1, 0.15) is 18.4 Å². The first-order valence-corrected chi connectivity index (χ1v) is 5.18. The second kappa shape index (κ2) is 3.93. The van der Waals surface area contributed by atoms with Crippen LogP contribution in [0.4, 0.5) is 5.69 Å². The van der Waals surface area contributed by atoms with Gasteiger partial charge in [-0.25, -0.2) is 0 Å². The quantitative estimate of drug-likeness (QED) is 0.740. The van der Waals surface area contributed by atoms with Crippen LogP contribution in [0, 0.1) is 6.92 Å². The van der Waals surface area contributed by atoms with E-state index in [1.165, 1.54) is 0 Å². The molecule has 1 amide bonds. The van der Waals surface area contributed by atoms with Crippen molar-refractivity contribution in [1.82, 2.24) is 0 Å². The Bertz CT molecular complexity index is 387. The third-order valence-corrected chi connectivity index (χ3v) is 2.76. The summed E-state index contributed by atoms with van der Waals surface area (Å²) in [6.07, 6.45) is 1.59. The average Bonchev–Trinajstić information content (AvgIpc) is 2.64. The monoisotopic (exact) mass is 205 g/mol. The van der Waals surface area contributed by atoms with Crippen molar-refractivity contribution < 1.29 is 9.53 Å². The Kier molecular flexibility index (Phi) is 2.62. The minimum Gasteiger partial charge on any atom is -0.495 e. The Hall–Kier alpha value is -1.51. The summed E-state index contributed by atoms with van der Waals surface area (Å²) in [5.74, 6) is 0.979. The van der Waals surface area contributed by atoms with E-state index in [-0.39, 0.29) is 5.91 Å². The molecule has 1 aromatic carbocycles.